The molecule has 0 radical (unpaired) electrons. The highest BCUT2D eigenvalue weighted by Gasteiger charge is 2.20. The van der Waals surface area contributed by atoms with Gasteiger partial charge in [0.2, 0.25) is 0 Å². The summed E-state index contributed by atoms with van der Waals surface area (Å²) >= 11 is 0. The summed E-state index contributed by atoms with van der Waals surface area (Å²) in [6.07, 6.45) is 2.92. The maximum atomic E-state index is 11.6. The number of amides is 2. The lowest BCUT2D eigenvalue weighted by molar-refractivity contribution is -0.138. The molecule has 1 aliphatic rings. The molecule has 84 valence electrons. The summed E-state index contributed by atoms with van der Waals surface area (Å²) in [6.45, 7) is 4.64. The number of nitrogens with zero attached hydrogens (tertiary/aromatic N) is 1. The van der Waals surface area contributed by atoms with E-state index < -0.39 is 12.0 Å². The van der Waals surface area contributed by atoms with Gasteiger partial charge in [0, 0.05) is 13.1 Å². The van der Waals surface area contributed by atoms with Gasteiger partial charge in [0.1, 0.15) is 6.04 Å². The molecule has 0 aliphatic carbocycles. The number of urea groups is 1. The summed E-state index contributed by atoms with van der Waals surface area (Å²) in [5, 5.41) is 11.1. The maximum absolute atomic E-state index is 11.6. The van der Waals surface area contributed by atoms with Crippen LogP contribution in [-0.4, -0.2) is 41.1 Å². The monoisotopic (exact) mass is 212 g/mol. The van der Waals surface area contributed by atoms with Gasteiger partial charge in [-0.3, -0.25) is 4.79 Å². The Kier molecular flexibility index (Phi) is 3.71. The standard InChI is InChI=1S/C10H16N2O3/c1-7-4-3-5-12(6-7)10(15)11-8(2)9(13)14/h4,8H,3,5-6H2,1-2H3,(H,11,15)(H,13,14). The molecular weight excluding hydrogens is 196 g/mol. The van der Waals surface area contributed by atoms with Crippen molar-refractivity contribution in [3.8, 4) is 0 Å². The van der Waals surface area contributed by atoms with Gasteiger partial charge in [0.25, 0.3) is 0 Å². The predicted molar refractivity (Wildman–Crippen MR) is 55.6 cm³/mol. The summed E-state index contributed by atoms with van der Waals surface area (Å²) in [4.78, 5) is 23.7. The van der Waals surface area contributed by atoms with Gasteiger partial charge < -0.3 is 15.3 Å². The molecule has 0 aromatic heterocycles. The van der Waals surface area contributed by atoms with Gasteiger partial charge in [-0.05, 0) is 20.3 Å². The highest BCUT2D eigenvalue weighted by molar-refractivity contribution is 5.82. The number of aliphatic carboxylic acids is 1. The minimum absolute atomic E-state index is 0.308. The first-order chi connectivity index (χ1) is 7.00. The Bertz CT molecular complexity index is 299. The first-order valence-electron chi connectivity index (χ1n) is 4.94. The molecule has 0 aromatic carbocycles. The summed E-state index contributed by atoms with van der Waals surface area (Å²) in [6, 6.07) is -1.15. The summed E-state index contributed by atoms with van der Waals surface area (Å²) < 4.78 is 0. The van der Waals surface area contributed by atoms with E-state index in [0.29, 0.717) is 13.1 Å². The van der Waals surface area contributed by atoms with Crippen molar-refractivity contribution >= 4 is 12.0 Å². The number of carbonyl (C=O) groups is 2. The number of carboxylic acid groups (broad SMARTS) is 1. The third kappa shape index (κ3) is 3.27. The Hall–Kier alpha value is -1.52. The van der Waals surface area contributed by atoms with Crippen LogP contribution in [0.2, 0.25) is 0 Å². The van der Waals surface area contributed by atoms with E-state index in [4.69, 9.17) is 5.11 Å². The predicted octanol–water partition coefficient (Wildman–Crippen LogP) is 0.821. The number of nitrogens with one attached hydrogen (secondary N) is 1. The topological polar surface area (TPSA) is 69.6 Å². The van der Waals surface area contributed by atoms with Gasteiger partial charge in [-0.25, -0.2) is 4.79 Å². The fourth-order valence-electron chi connectivity index (χ4n) is 1.42. The molecule has 15 heavy (non-hydrogen) atoms. The van der Waals surface area contributed by atoms with Crippen LogP contribution >= 0.6 is 0 Å². The second kappa shape index (κ2) is 4.82. The number of carboxylic acids is 1. The molecule has 5 heteroatoms. The van der Waals surface area contributed by atoms with E-state index >= 15 is 0 Å². The molecular formula is C10H16N2O3. The molecule has 1 atom stereocenters. The molecule has 1 unspecified atom stereocenters. The van der Waals surface area contributed by atoms with Gasteiger partial charge in [-0.1, -0.05) is 11.6 Å². The zero-order valence-corrected chi connectivity index (χ0v) is 8.99. The Labute approximate surface area is 88.8 Å². The van der Waals surface area contributed by atoms with Crippen molar-refractivity contribution in [2.75, 3.05) is 13.1 Å². The van der Waals surface area contributed by atoms with Crippen molar-refractivity contribution in [2.45, 2.75) is 26.3 Å². The summed E-state index contributed by atoms with van der Waals surface area (Å²) in [7, 11) is 0. The van der Waals surface area contributed by atoms with Crippen LogP contribution in [0.4, 0.5) is 4.79 Å². The number of hydrogen-bond donors (Lipinski definition) is 2. The van der Waals surface area contributed by atoms with E-state index in [-0.39, 0.29) is 6.03 Å². The Morgan fingerprint density at radius 1 is 1.60 bits per heavy atom. The van der Waals surface area contributed by atoms with Gasteiger partial charge in [0.05, 0.1) is 0 Å². The van der Waals surface area contributed by atoms with E-state index in [9.17, 15) is 9.59 Å². The lowest BCUT2D eigenvalue weighted by Crippen LogP contribution is -2.48. The van der Waals surface area contributed by atoms with Gasteiger partial charge in [-0.15, -0.1) is 0 Å². The molecule has 0 saturated heterocycles. The fourth-order valence-corrected chi connectivity index (χ4v) is 1.42. The molecule has 0 aromatic rings. The minimum Gasteiger partial charge on any atom is -0.480 e. The van der Waals surface area contributed by atoms with Crippen molar-refractivity contribution in [3.05, 3.63) is 11.6 Å². The molecule has 2 N–H and O–H groups in total. The van der Waals surface area contributed by atoms with Crippen LogP contribution in [0, 0.1) is 0 Å². The van der Waals surface area contributed by atoms with Gasteiger partial charge in [0.15, 0.2) is 0 Å². The van der Waals surface area contributed by atoms with E-state index in [1.165, 1.54) is 6.92 Å². The SMILES string of the molecule is CC1=CCCN(C(=O)NC(C)C(=O)O)C1. The van der Waals surface area contributed by atoms with Crippen LogP contribution in [0.25, 0.3) is 0 Å². The number of rotatable bonds is 2. The largest absolute Gasteiger partial charge is 0.480 e. The average molecular weight is 212 g/mol. The van der Waals surface area contributed by atoms with Crippen LogP contribution in [-0.2, 0) is 4.79 Å². The Morgan fingerprint density at radius 2 is 2.27 bits per heavy atom. The van der Waals surface area contributed by atoms with Crippen molar-refractivity contribution < 1.29 is 14.7 Å². The lowest BCUT2D eigenvalue weighted by Gasteiger charge is -2.27. The molecule has 1 rings (SSSR count). The maximum Gasteiger partial charge on any atom is 0.325 e. The second-order valence-electron chi connectivity index (χ2n) is 3.77. The van der Waals surface area contributed by atoms with Crippen LogP contribution in [0.15, 0.2) is 11.6 Å². The second-order valence-corrected chi connectivity index (χ2v) is 3.77. The summed E-state index contributed by atoms with van der Waals surface area (Å²) in [5.41, 5.74) is 1.14. The summed E-state index contributed by atoms with van der Waals surface area (Å²) in [5.74, 6) is -1.02. The Morgan fingerprint density at radius 3 is 2.80 bits per heavy atom. The quantitative estimate of drug-likeness (QED) is 0.666. The molecule has 1 aliphatic heterocycles. The zero-order valence-electron chi connectivity index (χ0n) is 8.99. The zero-order chi connectivity index (χ0) is 11.4. The molecule has 0 spiro atoms. The third-order valence-electron chi connectivity index (χ3n) is 2.33. The first kappa shape index (κ1) is 11.6. The lowest BCUT2D eigenvalue weighted by atomic mass is 10.1. The highest BCUT2D eigenvalue weighted by atomic mass is 16.4. The number of carbonyl (C=O) groups excluding carboxylic acids is 1. The van der Waals surface area contributed by atoms with Crippen molar-refractivity contribution in [1.82, 2.24) is 10.2 Å². The van der Waals surface area contributed by atoms with Crippen LogP contribution < -0.4 is 5.32 Å². The van der Waals surface area contributed by atoms with Crippen LogP contribution in [0.1, 0.15) is 20.3 Å². The van der Waals surface area contributed by atoms with Crippen LogP contribution in [0.5, 0.6) is 0 Å². The van der Waals surface area contributed by atoms with Crippen molar-refractivity contribution in [1.29, 1.82) is 0 Å². The average Bonchev–Trinajstić information content (AvgIpc) is 2.17. The van der Waals surface area contributed by atoms with E-state index in [1.807, 2.05) is 6.92 Å². The fraction of sp³-hybridized carbons (Fsp3) is 0.600. The smallest absolute Gasteiger partial charge is 0.325 e. The van der Waals surface area contributed by atoms with E-state index in [2.05, 4.69) is 11.4 Å². The molecule has 0 fully saturated rings. The molecule has 5 nitrogen and oxygen atoms in total. The molecule has 2 amide bonds. The van der Waals surface area contributed by atoms with Gasteiger partial charge >= 0.3 is 12.0 Å². The van der Waals surface area contributed by atoms with Gasteiger partial charge in [-0.2, -0.15) is 0 Å². The van der Waals surface area contributed by atoms with E-state index in [1.54, 1.807) is 4.90 Å². The van der Waals surface area contributed by atoms with Crippen LogP contribution in [0.3, 0.4) is 0 Å². The number of hydrogen-bond acceptors (Lipinski definition) is 2. The third-order valence-corrected chi connectivity index (χ3v) is 2.33. The molecule has 0 saturated carbocycles. The Balaban J connectivity index is 2.47. The first-order valence-corrected chi connectivity index (χ1v) is 4.94. The minimum atomic E-state index is -1.02. The van der Waals surface area contributed by atoms with Crippen molar-refractivity contribution in [3.63, 3.8) is 0 Å². The highest BCUT2D eigenvalue weighted by Crippen LogP contribution is 2.08. The molecule has 1 heterocycles. The normalized spacial score (nSPS) is 18.0. The van der Waals surface area contributed by atoms with E-state index in [0.717, 1.165) is 12.0 Å². The van der Waals surface area contributed by atoms with Crippen molar-refractivity contribution in [2.24, 2.45) is 0 Å². The molecule has 0 bridgehead atoms.